The maximum Gasteiger partial charge on any atom is 0.472 e. The second-order valence-corrected chi connectivity index (χ2v) is 9.46. The number of carbonyl (C=O) groups excluding carboxylic acids is 3. The van der Waals surface area contributed by atoms with Gasteiger partial charge in [-0.3, -0.25) is 9.59 Å². The van der Waals surface area contributed by atoms with Gasteiger partial charge in [-0.15, -0.1) is 0 Å². The molecule has 0 radical (unpaired) electrons. The highest BCUT2D eigenvalue weighted by Gasteiger charge is 2.28. The Morgan fingerprint density at radius 1 is 1.15 bits per heavy atom. The van der Waals surface area contributed by atoms with Gasteiger partial charge in [-0.25, -0.2) is 28.3 Å². The molecule has 3 heterocycles. The van der Waals surface area contributed by atoms with Crippen LogP contribution in [0.2, 0.25) is 0 Å². The Labute approximate surface area is 226 Å². The highest BCUT2D eigenvalue weighted by molar-refractivity contribution is 7.46. The molecule has 0 bridgehead atoms. The van der Waals surface area contributed by atoms with Crippen molar-refractivity contribution >= 4 is 48.6 Å². The van der Waals surface area contributed by atoms with Crippen molar-refractivity contribution in [1.82, 2.24) is 25.1 Å². The number of phosphoric ester groups is 1. The van der Waals surface area contributed by atoms with E-state index in [2.05, 4.69) is 30.4 Å². The summed E-state index contributed by atoms with van der Waals surface area (Å²) in [5.41, 5.74) is 1.20. The van der Waals surface area contributed by atoms with Gasteiger partial charge in [0.25, 0.3) is 11.8 Å². The van der Waals surface area contributed by atoms with Gasteiger partial charge in [0.05, 0.1) is 11.3 Å². The van der Waals surface area contributed by atoms with E-state index < -0.39 is 26.6 Å². The average Bonchev–Trinajstić information content (AvgIpc) is 3.58. The third kappa shape index (κ3) is 6.68. The smallest absolute Gasteiger partial charge is 0.421 e. The Balaban J connectivity index is 1.78. The minimum atomic E-state index is -4.95. The van der Waals surface area contributed by atoms with Gasteiger partial charge in [0.2, 0.25) is 6.79 Å². The second-order valence-electron chi connectivity index (χ2n) is 8.22. The van der Waals surface area contributed by atoms with Gasteiger partial charge in [0.1, 0.15) is 18.1 Å². The van der Waals surface area contributed by atoms with E-state index in [0.29, 0.717) is 12.1 Å². The second kappa shape index (κ2) is 12.0. The molecular formula is C23H24N7O9P. The predicted octanol–water partition coefficient (Wildman–Crippen LogP) is 2.76. The predicted molar refractivity (Wildman–Crippen MR) is 138 cm³/mol. The number of aryl methyl sites for hydroxylation is 1. The lowest BCUT2D eigenvalue weighted by atomic mass is 10.1. The van der Waals surface area contributed by atoms with Crippen LogP contribution in [0.25, 0.3) is 5.52 Å². The van der Waals surface area contributed by atoms with Crippen molar-refractivity contribution in [2.75, 3.05) is 23.6 Å². The minimum absolute atomic E-state index is 0.0529. The monoisotopic (exact) mass is 573 g/mol. The first-order chi connectivity index (χ1) is 19.1. The normalized spacial score (nSPS) is 11.3. The van der Waals surface area contributed by atoms with E-state index >= 15 is 0 Å². The fraction of sp³-hybridized carbons (Fsp3) is 0.217. The molecule has 0 saturated carbocycles. The molecule has 0 unspecified atom stereocenters. The van der Waals surface area contributed by atoms with Crippen LogP contribution in [0.4, 0.5) is 22.1 Å². The van der Waals surface area contributed by atoms with Crippen LogP contribution in [-0.4, -0.2) is 60.8 Å². The van der Waals surface area contributed by atoms with Crippen LogP contribution in [0.15, 0.2) is 53.6 Å². The first kappa shape index (κ1) is 28.4. The van der Waals surface area contributed by atoms with Crippen LogP contribution < -0.4 is 15.5 Å². The number of hydrogen-bond donors (Lipinski definition) is 4. The lowest BCUT2D eigenvalue weighted by Crippen LogP contribution is -2.30. The molecule has 16 nitrogen and oxygen atoms in total. The Morgan fingerprint density at radius 3 is 2.65 bits per heavy atom. The van der Waals surface area contributed by atoms with Gasteiger partial charge in [0.15, 0.2) is 11.6 Å². The van der Waals surface area contributed by atoms with E-state index in [4.69, 9.17) is 19.0 Å². The SMILES string of the molecule is CCCNC(=O)c1cc2c(N(C(=O)OCOP(=O)(O)O)c3cc(C(=O)Nc4ccon4)ccc3C)ncnn2c1. The van der Waals surface area contributed by atoms with Crippen molar-refractivity contribution in [1.29, 1.82) is 0 Å². The fourth-order valence-electron chi connectivity index (χ4n) is 3.52. The summed E-state index contributed by atoms with van der Waals surface area (Å²) in [5, 5.41) is 13.0. The topological polar surface area (TPSA) is 211 Å². The quantitative estimate of drug-likeness (QED) is 0.159. The lowest BCUT2D eigenvalue weighted by molar-refractivity contribution is 0.0445. The van der Waals surface area contributed by atoms with Gasteiger partial charge < -0.3 is 29.7 Å². The maximum absolute atomic E-state index is 13.3. The van der Waals surface area contributed by atoms with E-state index in [-0.39, 0.29) is 39.9 Å². The van der Waals surface area contributed by atoms with Crippen molar-refractivity contribution in [3.63, 3.8) is 0 Å². The maximum atomic E-state index is 13.3. The number of hydrogen-bond acceptors (Lipinski definition) is 10. The summed E-state index contributed by atoms with van der Waals surface area (Å²) in [6.45, 7) is 2.92. The number of phosphoric acid groups is 1. The third-order valence-corrected chi connectivity index (χ3v) is 5.81. The Hall–Kier alpha value is -4.63. The van der Waals surface area contributed by atoms with E-state index in [9.17, 15) is 18.9 Å². The molecule has 3 amide bonds. The van der Waals surface area contributed by atoms with Crippen LogP contribution in [0.1, 0.15) is 39.6 Å². The van der Waals surface area contributed by atoms with Gasteiger partial charge >= 0.3 is 13.9 Å². The molecule has 1 aromatic carbocycles. The first-order valence-corrected chi connectivity index (χ1v) is 13.2. The zero-order valence-corrected chi connectivity index (χ0v) is 22.1. The minimum Gasteiger partial charge on any atom is -0.421 e. The number of ether oxygens (including phenoxy) is 1. The summed E-state index contributed by atoms with van der Waals surface area (Å²) in [5.74, 6) is -0.829. The summed E-state index contributed by atoms with van der Waals surface area (Å²) < 4.78 is 26.4. The molecule has 210 valence electrons. The number of nitrogens with zero attached hydrogens (tertiary/aromatic N) is 5. The number of carbonyl (C=O) groups is 3. The molecule has 17 heteroatoms. The molecule has 0 aliphatic heterocycles. The molecule has 4 N–H and O–H groups in total. The number of amides is 3. The Morgan fingerprint density at radius 2 is 1.95 bits per heavy atom. The highest BCUT2D eigenvalue weighted by Crippen LogP contribution is 2.36. The van der Waals surface area contributed by atoms with Crippen LogP contribution in [0, 0.1) is 6.92 Å². The standard InChI is InChI=1S/C23H24N7O9P/c1-3-7-24-21(31)16-10-18-20(25-12-26-29(18)11-16)30(23(33)37-13-39-40(34,35)36)17-9-15(5-4-14(17)2)22(32)27-19-6-8-38-28-19/h4-6,8-12H,3,7,13H2,1-2H3,(H,24,31)(H,27,28,32)(H2,34,35,36). The van der Waals surface area contributed by atoms with Crippen molar-refractivity contribution in [2.45, 2.75) is 20.3 Å². The fourth-order valence-corrected chi connectivity index (χ4v) is 3.71. The summed E-state index contributed by atoms with van der Waals surface area (Å²) in [7, 11) is -4.95. The molecule has 0 aliphatic carbocycles. The molecule has 4 rings (SSSR count). The summed E-state index contributed by atoms with van der Waals surface area (Å²) >= 11 is 0. The van der Waals surface area contributed by atoms with Crippen LogP contribution in [0.5, 0.6) is 0 Å². The first-order valence-electron chi connectivity index (χ1n) is 11.7. The molecular weight excluding hydrogens is 549 g/mol. The molecule has 4 aromatic rings. The average molecular weight is 573 g/mol. The van der Waals surface area contributed by atoms with Gasteiger partial charge in [-0.05, 0) is 37.1 Å². The van der Waals surface area contributed by atoms with Gasteiger partial charge in [-0.1, -0.05) is 18.1 Å². The van der Waals surface area contributed by atoms with Crippen LogP contribution in [-0.2, 0) is 13.8 Å². The summed E-state index contributed by atoms with van der Waals surface area (Å²) in [6, 6.07) is 7.36. The van der Waals surface area contributed by atoms with Crippen LogP contribution >= 0.6 is 7.82 Å². The molecule has 40 heavy (non-hydrogen) atoms. The molecule has 3 aromatic heterocycles. The summed E-state index contributed by atoms with van der Waals surface area (Å²) in [4.78, 5) is 61.9. The zero-order chi connectivity index (χ0) is 28.9. The molecule has 0 atom stereocenters. The zero-order valence-electron chi connectivity index (χ0n) is 21.2. The molecule has 0 spiro atoms. The lowest BCUT2D eigenvalue weighted by Gasteiger charge is -2.24. The van der Waals surface area contributed by atoms with Crippen molar-refractivity contribution in [3.8, 4) is 0 Å². The summed E-state index contributed by atoms with van der Waals surface area (Å²) in [6.07, 6.45) is 3.44. The largest absolute Gasteiger partial charge is 0.472 e. The van der Waals surface area contributed by atoms with Crippen molar-refractivity contribution < 1.29 is 42.5 Å². The van der Waals surface area contributed by atoms with Gasteiger partial charge in [-0.2, -0.15) is 5.10 Å². The van der Waals surface area contributed by atoms with Crippen LogP contribution in [0.3, 0.4) is 0 Å². The number of rotatable bonds is 10. The number of anilines is 3. The number of aromatic nitrogens is 4. The number of fused-ring (bicyclic) bond motifs is 1. The highest BCUT2D eigenvalue weighted by atomic mass is 31.2. The van der Waals surface area contributed by atoms with E-state index in [1.165, 1.54) is 41.2 Å². The van der Waals surface area contributed by atoms with E-state index in [0.717, 1.165) is 17.6 Å². The molecule has 0 fully saturated rings. The third-order valence-electron chi connectivity index (χ3n) is 5.37. The Kier molecular flexibility index (Phi) is 8.55. The Bertz CT molecular complexity index is 1580. The number of benzene rings is 1. The van der Waals surface area contributed by atoms with Crippen molar-refractivity contribution in [2.24, 2.45) is 0 Å². The molecule has 0 aliphatic rings. The van der Waals surface area contributed by atoms with E-state index in [1.807, 2.05) is 6.92 Å². The molecule has 0 saturated heterocycles. The number of nitrogens with one attached hydrogen (secondary N) is 2. The van der Waals surface area contributed by atoms with Crippen molar-refractivity contribution in [3.05, 3.63) is 65.8 Å². The van der Waals surface area contributed by atoms with E-state index in [1.54, 1.807) is 13.0 Å². The van der Waals surface area contributed by atoms with Gasteiger partial charge in [0, 0.05) is 24.4 Å².